The van der Waals surface area contributed by atoms with Gasteiger partial charge in [0.15, 0.2) is 0 Å². The highest BCUT2D eigenvalue weighted by Gasteiger charge is 2.33. The lowest BCUT2D eigenvalue weighted by Crippen LogP contribution is -2.47. The Morgan fingerprint density at radius 1 is 1.10 bits per heavy atom. The largest absolute Gasteiger partial charge is 0.348 e. The van der Waals surface area contributed by atoms with Gasteiger partial charge in [-0.05, 0) is 63.3 Å². The van der Waals surface area contributed by atoms with Crippen molar-refractivity contribution in [1.82, 2.24) is 10.2 Å². The molecule has 48 heavy (non-hydrogen) atoms. The molecule has 0 bridgehead atoms. The molecular weight excluding hydrogens is 606 g/mol. The van der Waals surface area contributed by atoms with Gasteiger partial charge in [-0.2, -0.15) is 0 Å². The van der Waals surface area contributed by atoms with Crippen LogP contribution < -0.4 is 20.4 Å². The van der Waals surface area contributed by atoms with Crippen molar-refractivity contribution < 1.29 is 14.4 Å². The first-order chi connectivity index (χ1) is 23.1. The number of fused-ring (bicyclic) bond motifs is 1. The van der Waals surface area contributed by atoms with E-state index >= 15 is 0 Å². The van der Waals surface area contributed by atoms with E-state index in [1.807, 2.05) is 50.3 Å². The van der Waals surface area contributed by atoms with Gasteiger partial charge in [0.1, 0.15) is 11.9 Å². The Morgan fingerprint density at radius 2 is 1.90 bits per heavy atom. The summed E-state index contributed by atoms with van der Waals surface area (Å²) < 4.78 is 0. The molecule has 12 heteroatoms. The van der Waals surface area contributed by atoms with Crippen molar-refractivity contribution in [2.45, 2.75) is 52.0 Å². The number of benzodiazepines with no additional fused rings is 1. The average molecular weight is 648 g/mol. The quantitative estimate of drug-likeness (QED) is 0.166. The number of urea groups is 1. The Balaban J connectivity index is 1.33. The lowest BCUT2D eigenvalue weighted by atomic mass is 10.0. The van der Waals surface area contributed by atoms with Crippen molar-refractivity contribution in [3.05, 3.63) is 89.5 Å². The fraction of sp³-hybridized carbons (Fsp3) is 0.306. The molecule has 248 valence electrons. The van der Waals surface area contributed by atoms with Gasteiger partial charge in [0.05, 0.1) is 30.7 Å². The molecule has 0 aromatic heterocycles. The van der Waals surface area contributed by atoms with E-state index in [1.165, 1.54) is 17.5 Å². The number of hydrogen-bond donors (Lipinski definition) is 3. The minimum Gasteiger partial charge on any atom is -0.348 e. The number of carbonyl (C=O) groups is 3. The van der Waals surface area contributed by atoms with Crippen molar-refractivity contribution in [2.75, 3.05) is 35.8 Å². The number of likely N-dealkylation sites (N-methyl/N-ethyl adjacent to an activating group) is 1. The van der Waals surface area contributed by atoms with Gasteiger partial charge < -0.3 is 20.9 Å². The summed E-state index contributed by atoms with van der Waals surface area (Å²) in [6, 6.07) is 11.7. The van der Waals surface area contributed by atoms with Crippen LogP contribution in [0, 0.1) is 12.3 Å². The van der Waals surface area contributed by atoms with Crippen LogP contribution in [0.2, 0.25) is 0 Å². The van der Waals surface area contributed by atoms with Gasteiger partial charge in [-0.1, -0.05) is 30.3 Å². The number of rotatable bonds is 11. The molecule has 3 heterocycles. The SMILES string of the molecule is C=CCCC1=N[C@@H](CC(=O)Nc2ccc(C)c(N3CC(C=N)=C(/N=C/NC4=CN=C(C)CC4)N(C)C3=O)c2)C(=O)N(C)c2ccccc21. The van der Waals surface area contributed by atoms with Crippen LogP contribution >= 0.6 is 0 Å². The molecule has 3 aliphatic rings. The molecular formula is C36H41N9O3. The number of nitrogens with zero attached hydrogens (tertiary/aromatic N) is 6. The summed E-state index contributed by atoms with van der Waals surface area (Å²) in [7, 11) is 3.31. The van der Waals surface area contributed by atoms with Crippen LogP contribution in [0.15, 0.2) is 93.4 Å². The van der Waals surface area contributed by atoms with Crippen molar-refractivity contribution in [2.24, 2.45) is 15.0 Å². The first-order valence-electron chi connectivity index (χ1n) is 15.9. The first kappa shape index (κ1) is 33.7. The summed E-state index contributed by atoms with van der Waals surface area (Å²) in [6.45, 7) is 7.79. The van der Waals surface area contributed by atoms with Gasteiger partial charge >= 0.3 is 6.03 Å². The number of para-hydroxylation sites is 1. The van der Waals surface area contributed by atoms with E-state index in [0.717, 1.165) is 46.8 Å². The van der Waals surface area contributed by atoms with Crippen LogP contribution in [0.5, 0.6) is 0 Å². The number of aryl methyl sites for hydroxylation is 1. The van der Waals surface area contributed by atoms with Gasteiger partial charge in [-0.15, -0.1) is 6.58 Å². The van der Waals surface area contributed by atoms with Crippen LogP contribution in [-0.4, -0.2) is 73.4 Å². The number of hydrogen-bond acceptors (Lipinski definition) is 7. The second-order valence-corrected chi connectivity index (χ2v) is 11.9. The second-order valence-electron chi connectivity index (χ2n) is 11.9. The maximum Gasteiger partial charge on any atom is 0.330 e. The van der Waals surface area contributed by atoms with Crippen LogP contribution in [0.3, 0.4) is 0 Å². The topological polar surface area (TPSA) is 146 Å². The van der Waals surface area contributed by atoms with Gasteiger partial charge in [-0.25, -0.2) is 9.79 Å². The smallest absolute Gasteiger partial charge is 0.330 e. The Kier molecular flexibility index (Phi) is 10.4. The van der Waals surface area contributed by atoms with Crippen molar-refractivity contribution in [1.29, 1.82) is 5.41 Å². The fourth-order valence-electron chi connectivity index (χ4n) is 5.78. The van der Waals surface area contributed by atoms with Crippen LogP contribution in [0.1, 0.15) is 50.2 Å². The summed E-state index contributed by atoms with van der Waals surface area (Å²) >= 11 is 0. The monoisotopic (exact) mass is 647 g/mol. The summed E-state index contributed by atoms with van der Waals surface area (Å²) in [6.07, 6.45) is 9.11. The van der Waals surface area contributed by atoms with Crippen LogP contribution in [0.4, 0.5) is 21.9 Å². The molecule has 2 aromatic rings. The normalized spacial score (nSPS) is 18.2. The van der Waals surface area contributed by atoms with Crippen molar-refractivity contribution in [3.8, 4) is 0 Å². The van der Waals surface area contributed by atoms with E-state index in [4.69, 9.17) is 10.4 Å². The molecule has 3 N–H and O–H groups in total. The minimum absolute atomic E-state index is 0.120. The van der Waals surface area contributed by atoms with Crippen molar-refractivity contribution >= 4 is 58.9 Å². The van der Waals surface area contributed by atoms with E-state index < -0.39 is 6.04 Å². The summed E-state index contributed by atoms with van der Waals surface area (Å²) in [5, 5.41) is 14.1. The summed E-state index contributed by atoms with van der Waals surface area (Å²) in [5.41, 5.74) is 6.77. The van der Waals surface area contributed by atoms with Gasteiger partial charge in [0.25, 0.3) is 5.91 Å². The summed E-state index contributed by atoms with van der Waals surface area (Å²) in [4.78, 5) is 58.5. The third kappa shape index (κ3) is 7.33. The number of amides is 4. The molecule has 0 saturated carbocycles. The third-order valence-corrected chi connectivity index (χ3v) is 8.51. The molecule has 0 spiro atoms. The van der Waals surface area contributed by atoms with E-state index in [1.54, 1.807) is 42.2 Å². The van der Waals surface area contributed by atoms with E-state index in [9.17, 15) is 14.4 Å². The van der Waals surface area contributed by atoms with E-state index in [0.29, 0.717) is 35.6 Å². The molecule has 0 fully saturated rings. The lowest BCUT2D eigenvalue weighted by Gasteiger charge is -2.35. The zero-order valence-electron chi connectivity index (χ0n) is 27.8. The number of nitrogens with one attached hydrogen (secondary N) is 3. The fourth-order valence-corrected chi connectivity index (χ4v) is 5.78. The molecule has 0 saturated heterocycles. The molecule has 3 aliphatic heterocycles. The Morgan fingerprint density at radius 3 is 2.62 bits per heavy atom. The third-order valence-electron chi connectivity index (χ3n) is 8.51. The molecule has 0 radical (unpaired) electrons. The van der Waals surface area contributed by atoms with E-state index in [-0.39, 0.29) is 30.8 Å². The number of carbonyl (C=O) groups excluding carboxylic acids is 3. The van der Waals surface area contributed by atoms with Crippen LogP contribution in [-0.2, 0) is 9.59 Å². The maximum atomic E-state index is 13.6. The van der Waals surface area contributed by atoms with Gasteiger partial charge in [0.2, 0.25) is 5.91 Å². The Labute approximate surface area is 280 Å². The number of allylic oxidation sites excluding steroid dienone is 2. The predicted octanol–water partition coefficient (Wildman–Crippen LogP) is 5.57. The zero-order valence-corrected chi connectivity index (χ0v) is 27.8. The Hall–Kier alpha value is -5.65. The van der Waals surface area contributed by atoms with E-state index in [2.05, 4.69) is 27.2 Å². The molecule has 2 aromatic carbocycles. The molecule has 5 rings (SSSR count). The molecule has 0 unspecified atom stereocenters. The number of benzene rings is 2. The number of anilines is 3. The Bertz CT molecular complexity index is 1800. The van der Waals surface area contributed by atoms with Crippen LogP contribution in [0.25, 0.3) is 0 Å². The first-order valence-corrected chi connectivity index (χ1v) is 15.9. The average Bonchev–Trinajstić information content (AvgIpc) is 3.18. The van der Waals surface area contributed by atoms with Gasteiger partial charge in [0, 0.05) is 60.5 Å². The highest BCUT2D eigenvalue weighted by Crippen LogP contribution is 2.31. The van der Waals surface area contributed by atoms with Crippen molar-refractivity contribution in [3.63, 3.8) is 0 Å². The minimum atomic E-state index is -0.899. The number of aliphatic imine (C=N–C) groups is 3. The zero-order chi connectivity index (χ0) is 34.4. The standard InChI is InChI=1S/C36H41N9O3/c1-6-7-11-29-28-10-8-9-12-31(28)43(4)35(47)30(42-29)18-33(46)41-26-15-13-23(2)32(17-26)45-21-25(19-37)34(44(5)36(45)48)40-22-39-27-16-14-24(3)38-20-27/h6,8-10,12-13,15,17,19-20,22,30,37H,1,7,11,14,16,18,21H2,2-5H3,(H,39,40)(H,41,46)/t30-/m0/s1. The predicted molar refractivity (Wildman–Crippen MR) is 192 cm³/mol. The highest BCUT2D eigenvalue weighted by molar-refractivity contribution is 6.13. The van der Waals surface area contributed by atoms with Gasteiger partial charge in [-0.3, -0.25) is 29.4 Å². The molecule has 0 aliphatic carbocycles. The molecule has 4 amide bonds. The summed E-state index contributed by atoms with van der Waals surface area (Å²) in [5.74, 6) is -0.281. The maximum absolute atomic E-state index is 13.6. The highest BCUT2D eigenvalue weighted by atomic mass is 16.2. The lowest BCUT2D eigenvalue weighted by molar-refractivity contribution is -0.123. The molecule has 1 atom stereocenters. The molecule has 12 nitrogen and oxygen atoms in total. The second kappa shape index (κ2) is 14.8.